The molecule has 0 aromatic heterocycles. The van der Waals surface area contributed by atoms with Gasteiger partial charge in [-0.05, 0) is 35.0 Å². The van der Waals surface area contributed by atoms with Gasteiger partial charge in [-0.25, -0.2) is 14.4 Å². The summed E-state index contributed by atoms with van der Waals surface area (Å²) >= 11 is 0. The highest BCUT2D eigenvalue weighted by molar-refractivity contribution is 6.09. The maximum Gasteiger partial charge on any atom is 0.339 e. The lowest BCUT2D eigenvalue weighted by Gasteiger charge is -2.08. The molecule has 0 aliphatic heterocycles. The highest BCUT2D eigenvalue weighted by atomic mass is 16.4. The van der Waals surface area contributed by atoms with E-state index in [0.717, 1.165) is 24.3 Å². The van der Waals surface area contributed by atoms with Crippen LogP contribution in [0.3, 0.4) is 0 Å². The van der Waals surface area contributed by atoms with Crippen molar-refractivity contribution in [3.63, 3.8) is 0 Å². The third kappa shape index (κ3) is 2.12. The number of hydrogen-bond acceptors (Lipinski definition) is 4. The SMILES string of the molecule is O=C(O)c1cc(C(=O)O)c2cc(O)c(C(=O)O)cc2c1. The molecule has 7 heteroatoms. The van der Waals surface area contributed by atoms with E-state index < -0.39 is 29.2 Å². The molecule has 0 unspecified atom stereocenters. The Morgan fingerprint density at radius 2 is 1.35 bits per heavy atom. The fourth-order valence-electron chi connectivity index (χ4n) is 1.87. The molecule has 102 valence electrons. The second-order valence-electron chi connectivity index (χ2n) is 4.03. The Morgan fingerprint density at radius 3 is 1.85 bits per heavy atom. The molecule has 0 bridgehead atoms. The van der Waals surface area contributed by atoms with Gasteiger partial charge in [0.15, 0.2) is 0 Å². The van der Waals surface area contributed by atoms with Crippen molar-refractivity contribution in [1.82, 2.24) is 0 Å². The average Bonchev–Trinajstić information content (AvgIpc) is 2.36. The van der Waals surface area contributed by atoms with Crippen LogP contribution in [0.25, 0.3) is 10.8 Å². The average molecular weight is 276 g/mol. The summed E-state index contributed by atoms with van der Waals surface area (Å²) in [5.41, 5.74) is -1.04. The van der Waals surface area contributed by atoms with E-state index in [1.807, 2.05) is 0 Å². The molecule has 7 nitrogen and oxygen atoms in total. The number of aromatic hydroxyl groups is 1. The number of benzene rings is 2. The first kappa shape index (κ1) is 13.3. The molecular weight excluding hydrogens is 268 g/mol. The van der Waals surface area contributed by atoms with Crippen molar-refractivity contribution in [3.8, 4) is 5.75 Å². The normalized spacial score (nSPS) is 10.4. The van der Waals surface area contributed by atoms with Crippen LogP contribution < -0.4 is 0 Å². The zero-order valence-corrected chi connectivity index (χ0v) is 9.82. The minimum absolute atomic E-state index is 0.0602. The molecule has 0 spiro atoms. The number of rotatable bonds is 3. The molecule has 0 heterocycles. The molecule has 0 radical (unpaired) electrons. The van der Waals surface area contributed by atoms with Crippen LogP contribution in [-0.4, -0.2) is 38.3 Å². The number of aromatic carboxylic acids is 3. The molecule has 0 aliphatic carbocycles. The Hall–Kier alpha value is -3.09. The van der Waals surface area contributed by atoms with Crippen molar-refractivity contribution in [1.29, 1.82) is 0 Å². The van der Waals surface area contributed by atoms with E-state index in [0.29, 0.717) is 0 Å². The van der Waals surface area contributed by atoms with E-state index >= 15 is 0 Å². The van der Waals surface area contributed by atoms with Crippen molar-refractivity contribution in [2.75, 3.05) is 0 Å². The number of carboxylic acid groups (broad SMARTS) is 3. The predicted octanol–water partition coefficient (Wildman–Crippen LogP) is 1.64. The van der Waals surface area contributed by atoms with Crippen LogP contribution in [0, 0.1) is 0 Å². The maximum atomic E-state index is 11.1. The zero-order valence-electron chi connectivity index (χ0n) is 9.82. The summed E-state index contributed by atoms with van der Waals surface area (Å²) in [5.74, 6) is -4.70. The Morgan fingerprint density at radius 1 is 0.750 bits per heavy atom. The molecular formula is C13H8O7. The van der Waals surface area contributed by atoms with Crippen LogP contribution in [0.1, 0.15) is 31.1 Å². The number of carbonyl (C=O) groups is 3. The highest BCUT2D eigenvalue weighted by Crippen LogP contribution is 2.29. The van der Waals surface area contributed by atoms with Gasteiger partial charge in [-0.2, -0.15) is 0 Å². The van der Waals surface area contributed by atoms with Gasteiger partial charge in [-0.15, -0.1) is 0 Å². The van der Waals surface area contributed by atoms with Gasteiger partial charge in [-0.3, -0.25) is 0 Å². The van der Waals surface area contributed by atoms with E-state index in [1.165, 1.54) is 0 Å². The van der Waals surface area contributed by atoms with Gasteiger partial charge in [0.05, 0.1) is 11.1 Å². The quantitative estimate of drug-likeness (QED) is 0.669. The van der Waals surface area contributed by atoms with E-state index in [4.69, 9.17) is 15.3 Å². The van der Waals surface area contributed by atoms with Crippen LogP contribution in [0.4, 0.5) is 0 Å². The third-order valence-electron chi connectivity index (χ3n) is 2.78. The summed E-state index contributed by atoms with van der Waals surface area (Å²) < 4.78 is 0. The van der Waals surface area contributed by atoms with Crippen LogP contribution in [-0.2, 0) is 0 Å². The van der Waals surface area contributed by atoms with Crippen molar-refractivity contribution in [2.24, 2.45) is 0 Å². The van der Waals surface area contributed by atoms with Crippen molar-refractivity contribution in [2.45, 2.75) is 0 Å². The zero-order chi connectivity index (χ0) is 15.0. The standard InChI is InChI=1S/C13H8O7/c14-10-4-7-5(2-9(10)13(19)20)1-6(11(15)16)3-8(7)12(17)18/h1-4,14H,(H,15,16)(H,17,18)(H,19,20). The van der Waals surface area contributed by atoms with Crippen molar-refractivity contribution in [3.05, 3.63) is 41.0 Å². The summed E-state index contributed by atoms with van der Waals surface area (Å²) in [5, 5.41) is 36.6. The van der Waals surface area contributed by atoms with E-state index in [1.54, 1.807) is 0 Å². The summed E-state index contributed by atoms with van der Waals surface area (Å²) in [4.78, 5) is 33.0. The fourth-order valence-corrected chi connectivity index (χ4v) is 1.87. The van der Waals surface area contributed by atoms with Gasteiger partial charge in [0.2, 0.25) is 0 Å². The lowest BCUT2D eigenvalue weighted by Crippen LogP contribution is -2.04. The monoisotopic (exact) mass is 276 g/mol. The first-order valence-corrected chi connectivity index (χ1v) is 5.32. The smallest absolute Gasteiger partial charge is 0.339 e. The van der Waals surface area contributed by atoms with E-state index in [2.05, 4.69) is 0 Å². The first-order valence-electron chi connectivity index (χ1n) is 5.32. The topological polar surface area (TPSA) is 132 Å². The molecule has 2 aromatic rings. The number of fused-ring (bicyclic) bond motifs is 1. The highest BCUT2D eigenvalue weighted by Gasteiger charge is 2.18. The molecule has 0 atom stereocenters. The Labute approximate surface area is 111 Å². The predicted molar refractivity (Wildman–Crippen MR) is 66.5 cm³/mol. The molecule has 2 aromatic carbocycles. The van der Waals surface area contributed by atoms with Crippen LogP contribution in [0.2, 0.25) is 0 Å². The Kier molecular flexibility index (Phi) is 3.03. The molecule has 0 saturated heterocycles. The molecule has 0 fully saturated rings. The summed E-state index contributed by atoms with van der Waals surface area (Å²) in [7, 11) is 0. The van der Waals surface area contributed by atoms with Crippen molar-refractivity contribution < 1.29 is 34.8 Å². The second kappa shape index (κ2) is 4.54. The van der Waals surface area contributed by atoms with Crippen LogP contribution >= 0.6 is 0 Å². The maximum absolute atomic E-state index is 11.1. The first-order chi connectivity index (χ1) is 9.31. The van der Waals surface area contributed by atoms with Crippen molar-refractivity contribution >= 4 is 28.7 Å². The molecule has 0 saturated carbocycles. The van der Waals surface area contributed by atoms with Gasteiger partial charge >= 0.3 is 17.9 Å². The lowest BCUT2D eigenvalue weighted by molar-refractivity contribution is 0.0682. The lowest BCUT2D eigenvalue weighted by atomic mass is 9.98. The third-order valence-corrected chi connectivity index (χ3v) is 2.78. The Bertz CT molecular complexity index is 761. The summed E-state index contributed by atoms with van der Waals surface area (Å²) in [6.07, 6.45) is 0. The molecule has 4 N–H and O–H groups in total. The van der Waals surface area contributed by atoms with E-state index in [9.17, 15) is 19.5 Å². The largest absolute Gasteiger partial charge is 0.507 e. The number of carboxylic acids is 3. The summed E-state index contributed by atoms with van der Waals surface area (Å²) in [6.45, 7) is 0. The molecule has 0 amide bonds. The fraction of sp³-hybridized carbons (Fsp3) is 0. The molecule has 2 rings (SSSR count). The minimum Gasteiger partial charge on any atom is -0.507 e. The van der Waals surface area contributed by atoms with Gasteiger partial charge < -0.3 is 20.4 Å². The number of phenols is 1. The van der Waals surface area contributed by atoms with Gasteiger partial charge in [0.25, 0.3) is 0 Å². The van der Waals surface area contributed by atoms with Crippen LogP contribution in [0.15, 0.2) is 24.3 Å². The molecule has 20 heavy (non-hydrogen) atoms. The van der Waals surface area contributed by atoms with Crippen LogP contribution in [0.5, 0.6) is 5.75 Å². The Balaban J connectivity index is 2.90. The van der Waals surface area contributed by atoms with Gasteiger partial charge in [0, 0.05) is 0 Å². The minimum atomic E-state index is -1.40. The van der Waals surface area contributed by atoms with Gasteiger partial charge in [-0.1, -0.05) is 0 Å². The van der Waals surface area contributed by atoms with E-state index in [-0.39, 0.29) is 21.9 Å². The molecule has 0 aliphatic rings. The van der Waals surface area contributed by atoms with Gasteiger partial charge in [0.1, 0.15) is 11.3 Å². The number of hydrogen-bond donors (Lipinski definition) is 4. The second-order valence-corrected chi connectivity index (χ2v) is 4.03. The summed E-state index contributed by atoms with van der Waals surface area (Å²) in [6, 6.07) is 4.13.